The second-order valence-electron chi connectivity index (χ2n) is 33.7. The molecule has 4 aliphatic rings. The Bertz CT molecular complexity index is 8360. The predicted octanol–water partition coefficient (Wildman–Crippen LogP) is 30.7. The molecule has 7 heterocycles. The van der Waals surface area contributed by atoms with Crippen molar-refractivity contribution in [3.8, 4) is 101 Å². The second kappa shape index (κ2) is 29.5. The Morgan fingerprint density at radius 1 is 0.202 bits per heavy atom. The summed E-state index contributed by atoms with van der Waals surface area (Å²) < 4.78 is 2.30. The van der Waals surface area contributed by atoms with E-state index in [1.807, 2.05) is 42.5 Å². The van der Waals surface area contributed by atoms with Crippen LogP contribution in [0, 0.1) is 0 Å². The van der Waals surface area contributed by atoms with E-state index in [1.54, 1.807) is 11.3 Å². The van der Waals surface area contributed by atoms with Crippen molar-refractivity contribution in [2.75, 3.05) is 9.80 Å². The fraction of sp³-hybridized carbons (Fsp3) is 0.0167. The van der Waals surface area contributed by atoms with Gasteiger partial charge < -0.3 is 9.80 Å². The zero-order valence-corrected chi connectivity index (χ0v) is 70.5. The molecule has 0 bridgehead atoms. The van der Waals surface area contributed by atoms with Crippen LogP contribution in [0.4, 0.5) is 34.1 Å². The summed E-state index contributed by atoms with van der Waals surface area (Å²) >= 11 is 1.76. The Hall–Kier alpha value is -16.7. The molecular weight excluding hydrogens is 1590 g/mol. The average molecular weight is 1660 g/mol. The number of aromatic nitrogens is 6. The van der Waals surface area contributed by atoms with Gasteiger partial charge in [0.25, 0.3) is 0 Å². The summed E-state index contributed by atoms with van der Waals surface area (Å²) in [7, 11) is 0. The molecule has 27 rings (SSSR count). The molecule has 0 atom stereocenters. The van der Waals surface area contributed by atoms with E-state index in [2.05, 4.69) is 416 Å². The lowest BCUT2D eigenvalue weighted by molar-refractivity contribution is 0.753. The predicted molar refractivity (Wildman–Crippen MR) is 532 cm³/mol. The largest absolute Gasteiger partial charge is 0.310 e. The number of nitrogens with zero attached hydrogens (tertiary/aromatic N) is 8. The number of hydrogen-bond acceptors (Lipinski definition) is 9. The van der Waals surface area contributed by atoms with Gasteiger partial charge in [-0.05, 0) is 181 Å². The molecular formula is C120H74N8S. The summed E-state index contributed by atoms with van der Waals surface area (Å²) in [5.41, 5.74) is 35.8. The maximum absolute atomic E-state index is 5.50. The number of anilines is 6. The molecule has 9 heteroatoms. The fourth-order valence-electron chi connectivity index (χ4n) is 21.4. The van der Waals surface area contributed by atoms with Crippen molar-refractivity contribution in [2.24, 2.45) is 0 Å². The molecule has 2 spiro atoms. The maximum atomic E-state index is 5.50. The van der Waals surface area contributed by atoms with Gasteiger partial charge in [-0.2, -0.15) is 0 Å². The first kappa shape index (κ1) is 73.8. The molecule has 0 saturated heterocycles. The van der Waals surface area contributed by atoms with Crippen LogP contribution in [0.1, 0.15) is 44.5 Å². The molecule has 129 heavy (non-hydrogen) atoms. The zero-order valence-electron chi connectivity index (χ0n) is 69.7. The van der Waals surface area contributed by atoms with Gasteiger partial charge in [-0.3, -0.25) is 0 Å². The molecule has 23 aromatic rings. The number of benzene rings is 18. The Balaban J connectivity index is 0.000000136. The van der Waals surface area contributed by atoms with E-state index < -0.39 is 10.8 Å². The minimum atomic E-state index is -0.566. The third kappa shape index (κ3) is 11.3. The molecule has 0 radical (unpaired) electrons. The highest BCUT2D eigenvalue weighted by Crippen LogP contribution is 2.67. The molecule has 8 nitrogen and oxygen atoms in total. The first-order valence-electron chi connectivity index (χ1n) is 44.0. The summed E-state index contributed by atoms with van der Waals surface area (Å²) in [6, 6.07) is 162. The van der Waals surface area contributed by atoms with Crippen molar-refractivity contribution in [3.05, 3.63) is 493 Å². The van der Waals surface area contributed by atoms with Gasteiger partial charge in [0.2, 0.25) is 0 Å². The summed E-state index contributed by atoms with van der Waals surface area (Å²) in [6.45, 7) is 0. The molecule has 5 aromatic heterocycles. The van der Waals surface area contributed by atoms with Crippen LogP contribution in [0.3, 0.4) is 0 Å². The Kier molecular flexibility index (Phi) is 16.9. The van der Waals surface area contributed by atoms with E-state index in [-0.39, 0.29) is 0 Å². The van der Waals surface area contributed by atoms with Crippen LogP contribution in [0.5, 0.6) is 0 Å². The smallest absolute Gasteiger partial charge is 0.160 e. The van der Waals surface area contributed by atoms with Gasteiger partial charge in [0.15, 0.2) is 11.6 Å². The summed E-state index contributed by atoms with van der Waals surface area (Å²) in [5.74, 6) is 1.42. The normalized spacial score (nSPS) is 13.2. The van der Waals surface area contributed by atoms with Crippen LogP contribution < -0.4 is 9.80 Å². The number of para-hydroxylation sites is 8. The molecule has 0 unspecified atom stereocenters. The third-order valence-corrected chi connectivity index (χ3v) is 28.1. The molecule has 18 aromatic carbocycles. The Morgan fingerprint density at radius 3 is 1.05 bits per heavy atom. The first-order chi connectivity index (χ1) is 64.0. The van der Waals surface area contributed by atoms with Crippen LogP contribution in [0.25, 0.3) is 165 Å². The van der Waals surface area contributed by atoms with E-state index in [0.717, 1.165) is 133 Å². The van der Waals surface area contributed by atoms with Crippen molar-refractivity contribution in [1.82, 2.24) is 29.9 Å². The molecule has 2 aliphatic carbocycles. The maximum Gasteiger partial charge on any atom is 0.160 e. The standard InChI is InChI=1S/C60H36N4S.C60H38N4/c1-3-17-39(18-4-1)59-62-56(58-57(63-59)43-23-9-16-30-54(43)65-58)38-33-31-37(32-34-38)55-46-35-45-41-21-7-10-24-47(41)60(50(45)36-44(46)42-22-8-13-27-51(42)61-55)48-25-11-14-28-52(48)64(40-19-5-2-6-20-40)53-29-15-12-26-49(53)60;1-4-19-39(20-5-1)54-38-55(63-59(62-54)40-21-6-2-7-22-40)41-23-18-24-42(35-41)58-48-36-47-44-27-10-12-29-49(44)60(52(47)37-46(48)45-28-11-15-32-53(45)61-58)50-30-13-16-33-56(50)64(43-25-8-3-9-26-43)57-34-17-14-31-51(57)60/h1-36H;1-38H. The van der Waals surface area contributed by atoms with E-state index in [1.165, 1.54) is 105 Å². The zero-order chi connectivity index (χ0) is 84.8. The molecule has 0 saturated carbocycles. The molecule has 0 fully saturated rings. The van der Waals surface area contributed by atoms with Gasteiger partial charge in [-0.25, -0.2) is 29.9 Å². The molecule has 2 aliphatic heterocycles. The van der Waals surface area contributed by atoms with E-state index >= 15 is 0 Å². The van der Waals surface area contributed by atoms with Crippen molar-refractivity contribution < 1.29 is 0 Å². The van der Waals surface area contributed by atoms with Crippen LogP contribution in [0.2, 0.25) is 0 Å². The molecule has 0 N–H and O–H groups in total. The number of thiophene rings is 1. The van der Waals surface area contributed by atoms with Gasteiger partial charge >= 0.3 is 0 Å². The van der Waals surface area contributed by atoms with E-state index in [9.17, 15) is 0 Å². The number of rotatable bonds is 9. The van der Waals surface area contributed by atoms with Crippen LogP contribution in [0.15, 0.2) is 449 Å². The molecule has 0 amide bonds. The topological polar surface area (TPSA) is 83.8 Å². The number of hydrogen-bond donors (Lipinski definition) is 0. The van der Waals surface area contributed by atoms with Crippen molar-refractivity contribution >= 4 is 109 Å². The van der Waals surface area contributed by atoms with Gasteiger partial charge in [0.1, 0.15) is 0 Å². The van der Waals surface area contributed by atoms with E-state index in [4.69, 9.17) is 29.9 Å². The average Bonchev–Trinajstić information content (AvgIpc) is 1.52. The highest BCUT2D eigenvalue weighted by Gasteiger charge is 2.54. The van der Waals surface area contributed by atoms with Gasteiger partial charge in [-0.15, -0.1) is 11.3 Å². The van der Waals surface area contributed by atoms with Crippen LogP contribution >= 0.6 is 11.3 Å². The van der Waals surface area contributed by atoms with Crippen molar-refractivity contribution in [3.63, 3.8) is 0 Å². The number of fused-ring (bicyclic) bond motifs is 27. The number of pyridine rings is 2. The highest BCUT2D eigenvalue weighted by molar-refractivity contribution is 7.26. The van der Waals surface area contributed by atoms with Gasteiger partial charge in [-0.1, -0.05) is 346 Å². The fourth-order valence-corrected chi connectivity index (χ4v) is 22.6. The minimum absolute atomic E-state index is 0.557. The summed E-state index contributed by atoms with van der Waals surface area (Å²) in [6.07, 6.45) is 0. The summed E-state index contributed by atoms with van der Waals surface area (Å²) in [4.78, 5) is 36.5. The quantitative estimate of drug-likeness (QED) is 0.132. The van der Waals surface area contributed by atoms with Crippen molar-refractivity contribution in [1.29, 1.82) is 0 Å². The van der Waals surface area contributed by atoms with Crippen molar-refractivity contribution in [2.45, 2.75) is 10.8 Å². The van der Waals surface area contributed by atoms with Gasteiger partial charge in [0.05, 0.1) is 83.3 Å². The molecule has 600 valence electrons. The minimum Gasteiger partial charge on any atom is -0.310 e. The second-order valence-corrected chi connectivity index (χ2v) is 34.8. The highest BCUT2D eigenvalue weighted by atomic mass is 32.1. The van der Waals surface area contributed by atoms with Crippen LogP contribution in [-0.4, -0.2) is 29.9 Å². The van der Waals surface area contributed by atoms with Gasteiger partial charge in [0, 0.05) is 81.9 Å². The van der Waals surface area contributed by atoms with Crippen LogP contribution in [-0.2, 0) is 10.8 Å². The monoisotopic (exact) mass is 1660 g/mol. The third-order valence-electron chi connectivity index (χ3n) is 26.9. The lowest BCUT2D eigenvalue weighted by Gasteiger charge is -2.45. The lowest BCUT2D eigenvalue weighted by Crippen LogP contribution is -2.36. The Morgan fingerprint density at radius 2 is 0.566 bits per heavy atom. The lowest BCUT2D eigenvalue weighted by atomic mass is 9.64. The summed E-state index contributed by atoms with van der Waals surface area (Å²) in [5, 5.41) is 8.04. The van der Waals surface area contributed by atoms with E-state index in [0.29, 0.717) is 5.82 Å². The Labute approximate surface area is 749 Å². The SMILES string of the molecule is c1ccc(-c2cc(-c3cccc(-c4nc5ccccc5c5cc6c(cc45)-c4ccccc4C64c5ccccc5N(c5ccccc5)c5ccccc54)c3)nc(-c3ccccc3)n2)cc1.c1ccc(-c2nc(-c3ccc(-c4nc5ccccc5c5cc6c(cc45)-c4ccccc4C64c5ccccc5N(c5ccccc5)c5ccccc54)cc3)c3sc4ccccc4c3n2)cc1. The first-order valence-corrected chi connectivity index (χ1v) is 44.8.